The summed E-state index contributed by atoms with van der Waals surface area (Å²) < 4.78 is 10.1. The van der Waals surface area contributed by atoms with Crippen LogP contribution in [0.25, 0.3) is 0 Å². The number of carbonyl (C=O) groups excluding carboxylic acids is 2. The van der Waals surface area contributed by atoms with E-state index in [9.17, 15) is 9.59 Å². The summed E-state index contributed by atoms with van der Waals surface area (Å²) in [4.78, 5) is 26.9. The summed E-state index contributed by atoms with van der Waals surface area (Å²) in [5, 5.41) is 4.76. The van der Waals surface area contributed by atoms with Crippen LogP contribution in [0.1, 0.15) is 16.8 Å². The van der Waals surface area contributed by atoms with Gasteiger partial charge in [-0.05, 0) is 18.6 Å². The number of amides is 2. The molecule has 0 unspecified atom stereocenters. The summed E-state index contributed by atoms with van der Waals surface area (Å²) in [6, 6.07) is 1.74. The maximum atomic E-state index is 11.4. The van der Waals surface area contributed by atoms with E-state index in [2.05, 4.69) is 27.5 Å². The molecule has 0 spiro atoms. The molecule has 0 atom stereocenters. The molecule has 2 N–H and O–H groups in total. The predicted molar refractivity (Wildman–Crippen MR) is 83.0 cm³/mol. The van der Waals surface area contributed by atoms with Crippen molar-refractivity contribution < 1.29 is 19.1 Å². The largest absolute Gasteiger partial charge is 0.445 e. The van der Waals surface area contributed by atoms with E-state index >= 15 is 0 Å². The van der Waals surface area contributed by atoms with Gasteiger partial charge in [-0.3, -0.25) is 4.98 Å². The van der Waals surface area contributed by atoms with E-state index < -0.39 is 12.2 Å². The zero-order valence-electron chi connectivity index (χ0n) is 12.7. The summed E-state index contributed by atoms with van der Waals surface area (Å²) >= 11 is 0. The van der Waals surface area contributed by atoms with Gasteiger partial charge in [-0.2, -0.15) is 0 Å². The van der Waals surface area contributed by atoms with Gasteiger partial charge in [-0.25, -0.2) is 9.59 Å². The minimum atomic E-state index is -0.637. The van der Waals surface area contributed by atoms with Crippen molar-refractivity contribution in [1.82, 2.24) is 15.6 Å². The molecular formula is C16H17N3O4. The van der Waals surface area contributed by atoms with Gasteiger partial charge in [0, 0.05) is 17.5 Å². The van der Waals surface area contributed by atoms with Gasteiger partial charge >= 0.3 is 12.2 Å². The van der Waals surface area contributed by atoms with Crippen LogP contribution < -0.4 is 10.6 Å². The lowest BCUT2D eigenvalue weighted by molar-refractivity contribution is 0.132. The third kappa shape index (κ3) is 6.87. The fourth-order valence-electron chi connectivity index (χ4n) is 1.54. The van der Waals surface area contributed by atoms with Crippen molar-refractivity contribution in [2.24, 2.45) is 0 Å². The quantitative estimate of drug-likeness (QED) is 0.768. The van der Waals surface area contributed by atoms with Crippen molar-refractivity contribution in [2.45, 2.75) is 20.1 Å². The molecule has 2 amide bonds. The van der Waals surface area contributed by atoms with Crippen LogP contribution in [0.4, 0.5) is 9.59 Å². The van der Waals surface area contributed by atoms with Crippen LogP contribution in [0.5, 0.6) is 0 Å². The highest BCUT2D eigenvalue weighted by atomic mass is 16.6. The van der Waals surface area contributed by atoms with Crippen molar-refractivity contribution >= 4 is 12.2 Å². The first kappa shape index (κ1) is 17.9. The number of alkyl carbamates (subject to hydrolysis) is 2. The molecule has 0 aromatic carbocycles. The Labute approximate surface area is 134 Å². The second-order valence-electron chi connectivity index (χ2n) is 4.36. The molecule has 1 heterocycles. The second kappa shape index (κ2) is 9.69. The van der Waals surface area contributed by atoms with E-state index in [1.807, 2.05) is 0 Å². The van der Waals surface area contributed by atoms with Gasteiger partial charge in [0.2, 0.25) is 0 Å². The summed E-state index contributed by atoms with van der Waals surface area (Å²) in [5.41, 5.74) is 2.04. The van der Waals surface area contributed by atoms with Crippen molar-refractivity contribution in [3.63, 3.8) is 0 Å². The molecule has 0 aliphatic heterocycles. The maximum absolute atomic E-state index is 11.4. The highest BCUT2D eigenvalue weighted by molar-refractivity contribution is 5.68. The van der Waals surface area contributed by atoms with Gasteiger partial charge < -0.3 is 20.1 Å². The zero-order valence-corrected chi connectivity index (χ0v) is 12.7. The number of hydrogen-bond acceptors (Lipinski definition) is 5. The molecule has 0 saturated heterocycles. The Kier molecular flexibility index (Phi) is 7.53. The Morgan fingerprint density at radius 2 is 1.61 bits per heavy atom. The second-order valence-corrected chi connectivity index (χ2v) is 4.36. The van der Waals surface area contributed by atoms with Crippen LogP contribution >= 0.6 is 0 Å². The van der Waals surface area contributed by atoms with Gasteiger partial charge in [0.1, 0.15) is 13.2 Å². The molecule has 1 aromatic rings. The molecule has 0 bridgehead atoms. The monoisotopic (exact) mass is 315 g/mol. The number of aromatic nitrogens is 1. The molecule has 0 radical (unpaired) electrons. The molecule has 0 aliphatic rings. The Morgan fingerprint density at radius 1 is 1.09 bits per heavy atom. The normalized spacial score (nSPS) is 9.17. The van der Waals surface area contributed by atoms with E-state index in [0.717, 1.165) is 5.69 Å². The van der Waals surface area contributed by atoms with Crippen LogP contribution in [0.2, 0.25) is 0 Å². The number of nitrogens with zero attached hydrogens (tertiary/aromatic N) is 1. The minimum absolute atomic E-state index is 0.00440. The van der Waals surface area contributed by atoms with Gasteiger partial charge in [-0.1, -0.05) is 11.8 Å². The summed E-state index contributed by atoms with van der Waals surface area (Å²) in [6.07, 6.45) is 10.4. The van der Waals surface area contributed by atoms with Gasteiger partial charge in [0.15, 0.2) is 0 Å². The third-order valence-corrected chi connectivity index (χ3v) is 2.61. The van der Waals surface area contributed by atoms with E-state index in [0.29, 0.717) is 11.1 Å². The average molecular weight is 315 g/mol. The SMILES string of the molecule is C#CCNC(=O)OCc1cnc(C)cc1COC(=O)NCC#C. The van der Waals surface area contributed by atoms with E-state index in [-0.39, 0.29) is 26.3 Å². The molecule has 1 rings (SSSR count). The molecule has 7 nitrogen and oxygen atoms in total. The number of aryl methyl sites for hydroxylation is 1. The Morgan fingerprint density at radius 3 is 2.13 bits per heavy atom. The smallest absolute Gasteiger partial charge is 0.408 e. The molecule has 120 valence electrons. The number of terminal acetylenes is 2. The number of ether oxygens (including phenoxy) is 2. The van der Waals surface area contributed by atoms with E-state index in [4.69, 9.17) is 22.3 Å². The molecule has 23 heavy (non-hydrogen) atoms. The van der Waals surface area contributed by atoms with Crippen molar-refractivity contribution in [3.05, 3.63) is 29.1 Å². The molecule has 7 heteroatoms. The van der Waals surface area contributed by atoms with E-state index in [1.165, 1.54) is 0 Å². The van der Waals surface area contributed by atoms with Gasteiger partial charge in [0.25, 0.3) is 0 Å². The van der Waals surface area contributed by atoms with Crippen LogP contribution in [0, 0.1) is 31.6 Å². The van der Waals surface area contributed by atoms with Crippen molar-refractivity contribution in [3.8, 4) is 24.7 Å². The summed E-state index contributed by atoms with van der Waals surface area (Å²) in [6.45, 7) is 1.95. The molecule has 0 fully saturated rings. The van der Waals surface area contributed by atoms with Crippen LogP contribution in [0.3, 0.4) is 0 Å². The summed E-state index contributed by atoms with van der Waals surface area (Å²) in [5.74, 6) is 4.53. The number of pyridine rings is 1. The first-order valence-electron chi connectivity index (χ1n) is 6.69. The van der Waals surface area contributed by atoms with E-state index in [1.54, 1.807) is 19.2 Å². The first-order valence-corrected chi connectivity index (χ1v) is 6.69. The third-order valence-electron chi connectivity index (χ3n) is 2.61. The van der Waals surface area contributed by atoms with Crippen LogP contribution in [-0.2, 0) is 22.7 Å². The van der Waals surface area contributed by atoms with Gasteiger partial charge in [-0.15, -0.1) is 12.8 Å². The van der Waals surface area contributed by atoms with Crippen LogP contribution in [0.15, 0.2) is 12.3 Å². The Balaban J connectivity index is 2.62. The van der Waals surface area contributed by atoms with Gasteiger partial charge in [0.05, 0.1) is 13.1 Å². The Hall–Kier alpha value is -3.19. The van der Waals surface area contributed by atoms with Crippen molar-refractivity contribution in [2.75, 3.05) is 13.1 Å². The predicted octanol–water partition coefficient (Wildman–Crippen LogP) is 1.11. The maximum Gasteiger partial charge on any atom is 0.408 e. The van der Waals surface area contributed by atoms with Crippen LogP contribution in [-0.4, -0.2) is 30.3 Å². The highest BCUT2D eigenvalue weighted by Gasteiger charge is 2.10. The first-order chi connectivity index (χ1) is 11.1. The average Bonchev–Trinajstić information content (AvgIpc) is 2.55. The zero-order chi connectivity index (χ0) is 17.1. The lowest BCUT2D eigenvalue weighted by Gasteiger charge is -2.11. The molecule has 0 saturated carbocycles. The fourth-order valence-corrected chi connectivity index (χ4v) is 1.54. The molecular weight excluding hydrogens is 298 g/mol. The highest BCUT2D eigenvalue weighted by Crippen LogP contribution is 2.12. The number of nitrogens with one attached hydrogen (secondary N) is 2. The number of rotatable bonds is 6. The molecule has 0 aliphatic carbocycles. The fraction of sp³-hybridized carbons (Fsp3) is 0.312. The Bertz CT molecular complexity index is 644. The standard InChI is InChI=1S/C16H17N3O4/c1-4-6-17-15(20)22-10-13-8-12(3)19-9-14(13)11-23-16(21)18-7-5-2/h1-2,8-9H,6-7,10-11H2,3H3,(H,17,20)(H,18,21). The lowest BCUT2D eigenvalue weighted by atomic mass is 10.1. The lowest BCUT2D eigenvalue weighted by Crippen LogP contribution is -2.25. The van der Waals surface area contributed by atoms with Crippen molar-refractivity contribution in [1.29, 1.82) is 0 Å². The number of hydrogen-bond donors (Lipinski definition) is 2. The number of carbonyl (C=O) groups is 2. The molecule has 1 aromatic heterocycles. The minimum Gasteiger partial charge on any atom is -0.445 e. The topological polar surface area (TPSA) is 89.6 Å². The summed E-state index contributed by atoms with van der Waals surface area (Å²) in [7, 11) is 0.